The van der Waals surface area contributed by atoms with Crippen molar-refractivity contribution in [3.05, 3.63) is 107 Å². The van der Waals surface area contributed by atoms with Gasteiger partial charge in [0.25, 0.3) is 5.91 Å². The lowest BCUT2D eigenvalue weighted by molar-refractivity contribution is -0.147. The van der Waals surface area contributed by atoms with Crippen molar-refractivity contribution in [3.63, 3.8) is 0 Å². The lowest BCUT2D eigenvalue weighted by atomic mass is 9.98. The van der Waals surface area contributed by atoms with E-state index in [0.29, 0.717) is 12.1 Å². The predicted molar refractivity (Wildman–Crippen MR) is 167 cm³/mol. The number of nitrogens with one attached hydrogen (secondary N) is 3. The number of hydrogen-bond donors (Lipinski definition) is 4. The highest BCUT2D eigenvalue weighted by atomic mass is 32.2. The van der Waals surface area contributed by atoms with Crippen LogP contribution in [0.4, 0.5) is 0 Å². The van der Waals surface area contributed by atoms with Gasteiger partial charge in [0.15, 0.2) is 6.10 Å². The fourth-order valence-electron chi connectivity index (χ4n) is 5.14. The van der Waals surface area contributed by atoms with E-state index >= 15 is 0 Å². The molecule has 4 amide bonds. The zero-order valence-corrected chi connectivity index (χ0v) is 25.3. The topological polar surface area (TPSA) is 128 Å². The zero-order valence-electron chi connectivity index (χ0n) is 24.5. The van der Waals surface area contributed by atoms with Crippen LogP contribution in [0.2, 0.25) is 0 Å². The van der Waals surface area contributed by atoms with Gasteiger partial charge in [0.2, 0.25) is 17.7 Å². The lowest BCUT2D eigenvalue weighted by Crippen LogP contribution is -2.57. The zero-order chi connectivity index (χ0) is 30.9. The SMILES string of the molecule is CC(=O)NC(C(=O)N[C@@H](Cc1ccccc1)[C@H](O)C(=O)N1CSC(C)[C@H]1C(=O)NCc1ccccc1C)c1ccccc1. The molecular formula is C33H38N4O5S. The van der Waals surface area contributed by atoms with Crippen LogP contribution in [0.3, 0.4) is 0 Å². The molecule has 3 aromatic rings. The van der Waals surface area contributed by atoms with Gasteiger partial charge in [0, 0.05) is 18.7 Å². The second-order valence-electron chi connectivity index (χ2n) is 10.7. The second kappa shape index (κ2) is 14.8. The van der Waals surface area contributed by atoms with E-state index in [1.807, 2.05) is 68.4 Å². The number of aliphatic hydroxyl groups is 1. The minimum Gasteiger partial charge on any atom is -0.381 e. The smallest absolute Gasteiger partial charge is 0.254 e. The van der Waals surface area contributed by atoms with Crippen LogP contribution < -0.4 is 16.0 Å². The van der Waals surface area contributed by atoms with Crippen molar-refractivity contribution in [2.75, 3.05) is 5.88 Å². The van der Waals surface area contributed by atoms with Crippen LogP contribution in [-0.4, -0.2) is 62.9 Å². The molecule has 2 unspecified atom stereocenters. The molecular weight excluding hydrogens is 564 g/mol. The van der Waals surface area contributed by atoms with E-state index in [0.717, 1.165) is 16.7 Å². The number of amides is 4. The molecule has 1 aliphatic heterocycles. The van der Waals surface area contributed by atoms with Gasteiger partial charge in [-0.25, -0.2) is 0 Å². The van der Waals surface area contributed by atoms with Crippen molar-refractivity contribution in [2.24, 2.45) is 0 Å². The van der Waals surface area contributed by atoms with Gasteiger partial charge in [-0.05, 0) is 35.6 Å². The summed E-state index contributed by atoms with van der Waals surface area (Å²) in [6.45, 7) is 5.49. The summed E-state index contributed by atoms with van der Waals surface area (Å²) in [5.41, 5.74) is 3.38. The average molecular weight is 603 g/mol. The van der Waals surface area contributed by atoms with Gasteiger partial charge < -0.3 is 26.0 Å². The Labute approximate surface area is 256 Å². The first-order valence-corrected chi connectivity index (χ1v) is 15.3. The summed E-state index contributed by atoms with van der Waals surface area (Å²) in [4.78, 5) is 54.1. The van der Waals surface area contributed by atoms with E-state index in [2.05, 4.69) is 16.0 Å². The van der Waals surface area contributed by atoms with Crippen molar-refractivity contribution < 1.29 is 24.3 Å². The molecule has 9 nitrogen and oxygen atoms in total. The van der Waals surface area contributed by atoms with E-state index in [9.17, 15) is 24.3 Å². The second-order valence-corrected chi connectivity index (χ2v) is 12.0. The van der Waals surface area contributed by atoms with Crippen LogP contribution >= 0.6 is 11.8 Å². The number of carbonyl (C=O) groups is 4. The molecule has 4 rings (SSSR count). The highest BCUT2D eigenvalue weighted by Gasteiger charge is 2.44. The monoisotopic (exact) mass is 602 g/mol. The Hall–Kier alpha value is -4.15. The molecule has 10 heteroatoms. The highest BCUT2D eigenvalue weighted by molar-refractivity contribution is 8.00. The first kappa shape index (κ1) is 31.8. The molecule has 43 heavy (non-hydrogen) atoms. The van der Waals surface area contributed by atoms with Gasteiger partial charge in [-0.1, -0.05) is 91.9 Å². The molecule has 1 fully saturated rings. The molecule has 3 aromatic carbocycles. The van der Waals surface area contributed by atoms with Gasteiger partial charge >= 0.3 is 0 Å². The standard InChI is InChI=1S/C33H38N4O5S/c1-21-12-10-11-17-26(21)19-34-32(41)29-22(2)43-20-37(29)33(42)30(39)27(18-24-13-6-4-7-14-24)36-31(40)28(35-23(3)38)25-15-8-5-9-16-25/h4-17,22,27-30,39H,18-20H2,1-3H3,(H,34,41)(H,35,38)(H,36,40)/t22?,27-,28?,29-,30-/m0/s1. The third-order valence-corrected chi connectivity index (χ3v) is 8.74. The molecule has 0 aromatic heterocycles. The molecule has 1 aliphatic rings. The van der Waals surface area contributed by atoms with Crippen LogP contribution in [0.15, 0.2) is 84.9 Å². The fourth-order valence-corrected chi connectivity index (χ4v) is 6.28. The predicted octanol–water partition coefficient (Wildman–Crippen LogP) is 2.87. The molecule has 0 radical (unpaired) electrons. The number of hydrogen-bond acceptors (Lipinski definition) is 6. The Morgan fingerprint density at radius 1 is 0.930 bits per heavy atom. The van der Waals surface area contributed by atoms with Gasteiger partial charge in [0.1, 0.15) is 12.1 Å². The van der Waals surface area contributed by atoms with E-state index < -0.39 is 42.0 Å². The van der Waals surface area contributed by atoms with Crippen molar-refractivity contribution in [3.8, 4) is 0 Å². The van der Waals surface area contributed by atoms with Crippen LogP contribution in [0, 0.1) is 6.92 Å². The number of rotatable bonds is 11. The van der Waals surface area contributed by atoms with Gasteiger partial charge in [-0.15, -0.1) is 11.8 Å². The van der Waals surface area contributed by atoms with Crippen molar-refractivity contribution in [1.29, 1.82) is 0 Å². The number of nitrogens with zero attached hydrogens (tertiary/aromatic N) is 1. The maximum atomic E-state index is 13.8. The molecule has 5 atom stereocenters. The first-order chi connectivity index (χ1) is 20.7. The Morgan fingerprint density at radius 2 is 1.56 bits per heavy atom. The number of aliphatic hydroxyl groups excluding tert-OH is 1. The van der Waals surface area contributed by atoms with E-state index in [1.165, 1.54) is 23.6 Å². The molecule has 226 valence electrons. The van der Waals surface area contributed by atoms with E-state index in [4.69, 9.17) is 0 Å². The Kier molecular flexibility index (Phi) is 11.0. The maximum absolute atomic E-state index is 13.8. The van der Waals surface area contributed by atoms with Crippen molar-refractivity contribution in [2.45, 2.75) is 63.2 Å². The molecule has 4 N–H and O–H groups in total. The summed E-state index contributed by atoms with van der Waals surface area (Å²) in [5, 5.41) is 19.7. The van der Waals surface area contributed by atoms with Crippen molar-refractivity contribution in [1.82, 2.24) is 20.9 Å². The number of thioether (sulfide) groups is 1. The number of aryl methyl sites for hydroxylation is 1. The average Bonchev–Trinajstić information content (AvgIpc) is 3.40. The first-order valence-electron chi connectivity index (χ1n) is 14.2. The normalized spacial score (nSPS) is 18.3. The Bertz CT molecular complexity index is 1420. The summed E-state index contributed by atoms with van der Waals surface area (Å²) >= 11 is 1.45. The summed E-state index contributed by atoms with van der Waals surface area (Å²) in [5.74, 6) is -1.69. The Morgan fingerprint density at radius 3 is 2.21 bits per heavy atom. The molecule has 1 heterocycles. The lowest BCUT2D eigenvalue weighted by Gasteiger charge is -2.31. The van der Waals surface area contributed by atoms with Crippen LogP contribution in [0.25, 0.3) is 0 Å². The summed E-state index contributed by atoms with van der Waals surface area (Å²) in [6, 6.07) is 22.9. The minimum absolute atomic E-state index is 0.155. The minimum atomic E-state index is -1.64. The Balaban J connectivity index is 1.54. The number of benzene rings is 3. The fraction of sp³-hybridized carbons (Fsp3) is 0.333. The van der Waals surface area contributed by atoms with Crippen LogP contribution in [0.5, 0.6) is 0 Å². The van der Waals surface area contributed by atoms with Crippen LogP contribution in [-0.2, 0) is 32.1 Å². The third-order valence-electron chi connectivity index (χ3n) is 7.53. The van der Waals surface area contributed by atoms with Gasteiger partial charge in [-0.3, -0.25) is 19.2 Å². The molecule has 0 bridgehead atoms. The molecule has 0 aliphatic carbocycles. The molecule has 1 saturated heterocycles. The highest BCUT2D eigenvalue weighted by Crippen LogP contribution is 2.30. The van der Waals surface area contributed by atoms with E-state index in [1.54, 1.807) is 30.3 Å². The maximum Gasteiger partial charge on any atom is 0.254 e. The summed E-state index contributed by atoms with van der Waals surface area (Å²) in [7, 11) is 0. The van der Waals surface area contributed by atoms with Crippen molar-refractivity contribution >= 4 is 35.4 Å². The van der Waals surface area contributed by atoms with E-state index in [-0.39, 0.29) is 23.5 Å². The third kappa shape index (κ3) is 8.24. The summed E-state index contributed by atoms with van der Waals surface area (Å²) in [6.07, 6.45) is -1.49. The van der Waals surface area contributed by atoms with Gasteiger partial charge in [-0.2, -0.15) is 0 Å². The number of carbonyl (C=O) groups excluding carboxylic acids is 4. The quantitative estimate of drug-likeness (QED) is 0.267. The molecule has 0 spiro atoms. The summed E-state index contributed by atoms with van der Waals surface area (Å²) < 4.78 is 0. The largest absolute Gasteiger partial charge is 0.381 e. The van der Waals surface area contributed by atoms with Crippen LogP contribution in [0.1, 0.15) is 42.1 Å². The van der Waals surface area contributed by atoms with Gasteiger partial charge in [0.05, 0.1) is 11.9 Å². The molecule has 0 saturated carbocycles.